The van der Waals surface area contributed by atoms with E-state index in [1.165, 1.54) is 11.1 Å². The van der Waals surface area contributed by atoms with Gasteiger partial charge in [-0.2, -0.15) is 0 Å². The van der Waals surface area contributed by atoms with Crippen LogP contribution in [0.25, 0.3) is 0 Å². The molecule has 2 rings (SSSR count). The van der Waals surface area contributed by atoms with Gasteiger partial charge in [-0.15, -0.1) is 0 Å². The van der Waals surface area contributed by atoms with Crippen molar-refractivity contribution in [1.82, 2.24) is 9.88 Å². The van der Waals surface area contributed by atoms with Crippen molar-refractivity contribution in [2.75, 3.05) is 13.2 Å². The Hall–Kier alpha value is -2.69. The van der Waals surface area contributed by atoms with Gasteiger partial charge in [0.15, 0.2) is 0 Å². The molecule has 0 aliphatic heterocycles. The Morgan fingerprint density at radius 3 is 2.37 bits per heavy atom. The van der Waals surface area contributed by atoms with Crippen LogP contribution in [0.3, 0.4) is 0 Å². The number of amides is 1. The van der Waals surface area contributed by atoms with Gasteiger partial charge in [-0.3, -0.25) is 14.6 Å². The molecule has 0 saturated carbocycles. The first-order chi connectivity index (χ1) is 13.1. The fourth-order valence-corrected chi connectivity index (χ4v) is 2.82. The Bertz CT molecular complexity index is 714. The highest BCUT2D eigenvalue weighted by Crippen LogP contribution is 2.11. The number of aryl methyl sites for hydroxylation is 2. The van der Waals surface area contributed by atoms with Crippen molar-refractivity contribution < 1.29 is 14.3 Å². The molecule has 1 aromatic heterocycles. The van der Waals surface area contributed by atoms with E-state index in [0.29, 0.717) is 26.1 Å². The average molecular weight is 368 g/mol. The van der Waals surface area contributed by atoms with Crippen LogP contribution < -0.4 is 0 Å². The molecule has 1 heterocycles. The molecular weight excluding hydrogens is 340 g/mol. The minimum atomic E-state index is -0.273. The number of ether oxygens (including phenoxy) is 1. The van der Waals surface area contributed by atoms with Crippen molar-refractivity contribution in [2.45, 2.75) is 46.1 Å². The van der Waals surface area contributed by atoms with Crippen LogP contribution in [0.2, 0.25) is 0 Å². The SMILES string of the molecule is CCOC(=O)CCN(Cc1ccncc1)C(=O)CCCc1ccc(C)cc1. The topological polar surface area (TPSA) is 59.5 Å². The van der Waals surface area contributed by atoms with Crippen LogP contribution in [-0.2, 0) is 27.3 Å². The van der Waals surface area contributed by atoms with Gasteiger partial charge in [0.25, 0.3) is 0 Å². The Morgan fingerprint density at radius 1 is 1.00 bits per heavy atom. The third-order valence-corrected chi connectivity index (χ3v) is 4.34. The molecule has 0 aliphatic rings. The molecule has 0 fully saturated rings. The number of benzene rings is 1. The molecule has 0 radical (unpaired) electrons. The molecule has 5 heteroatoms. The van der Waals surface area contributed by atoms with E-state index < -0.39 is 0 Å². The van der Waals surface area contributed by atoms with Crippen molar-refractivity contribution >= 4 is 11.9 Å². The molecule has 0 atom stereocenters. The van der Waals surface area contributed by atoms with Gasteiger partial charge in [0.05, 0.1) is 13.0 Å². The Labute approximate surface area is 161 Å². The van der Waals surface area contributed by atoms with Crippen LogP contribution in [0.1, 0.15) is 42.9 Å². The van der Waals surface area contributed by atoms with Gasteiger partial charge in [-0.25, -0.2) is 0 Å². The second kappa shape index (κ2) is 11.1. The van der Waals surface area contributed by atoms with Crippen LogP contribution >= 0.6 is 0 Å². The fraction of sp³-hybridized carbons (Fsp3) is 0.409. The maximum absolute atomic E-state index is 12.7. The van der Waals surface area contributed by atoms with Crippen LogP contribution in [0, 0.1) is 6.92 Å². The third-order valence-electron chi connectivity index (χ3n) is 4.34. The molecule has 144 valence electrons. The molecule has 0 aliphatic carbocycles. The number of carbonyl (C=O) groups is 2. The molecular formula is C22H28N2O3. The maximum Gasteiger partial charge on any atom is 0.307 e. The molecule has 5 nitrogen and oxygen atoms in total. The lowest BCUT2D eigenvalue weighted by atomic mass is 10.1. The molecule has 0 spiro atoms. The molecule has 27 heavy (non-hydrogen) atoms. The maximum atomic E-state index is 12.7. The monoisotopic (exact) mass is 368 g/mol. The zero-order valence-corrected chi connectivity index (χ0v) is 16.2. The zero-order valence-electron chi connectivity index (χ0n) is 16.2. The van der Waals surface area contributed by atoms with Gasteiger partial charge >= 0.3 is 5.97 Å². The number of nitrogens with zero attached hydrogens (tertiary/aromatic N) is 2. The van der Waals surface area contributed by atoms with Crippen molar-refractivity contribution in [3.8, 4) is 0 Å². The lowest BCUT2D eigenvalue weighted by molar-refractivity contribution is -0.144. The molecule has 0 saturated heterocycles. The van der Waals surface area contributed by atoms with Crippen LogP contribution in [0.5, 0.6) is 0 Å². The summed E-state index contributed by atoms with van der Waals surface area (Å²) in [5.41, 5.74) is 3.47. The van der Waals surface area contributed by atoms with E-state index in [0.717, 1.165) is 18.4 Å². The largest absolute Gasteiger partial charge is 0.466 e. The van der Waals surface area contributed by atoms with Crippen molar-refractivity contribution in [3.63, 3.8) is 0 Å². The summed E-state index contributed by atoms with van der Waals surface area (Å²) in [5, 5.41) is 0. The number of esters is 1. The van der Waals surface area contributed by atoms with E-state index in [1.54, 1.807) is 24.2 Å². The number of hydrogen-bond acceptors (Lipinski definition) is 4. The van der Waals surface area contributed by atoms with Gasteiger partial charge in [0.2, 0.25) is 5.91 Å². The highest BCUT2D eigenvalue weighted by atomic mass is 16.5. The summed E-state index contributed by atoms with van der Waals surface area (Å²) in [4.78, 5) is 30.1. The number of carbonyl (C=O) groups excluding carboxylic acids is 2. The summed E-state index contributed by atoms with van der Waals surface area (Å²) >= 11 is 0. The summed E-state index contributed by atoms with van der Waals surface area (Å²) in [6, 6.07) is 12.2. The molecule has 0 unspecified atom stereocenters. The van der Waals surface area contributed by atoms with Gasteiger partial charge in [0, 0.05) is 31.9 Å². The molecule has 1 aromatic carbocycles. The van der Waals surface area contributed by atoms with Gasteiger partial charge in [-0.05, 0) is 49.9 Å². The molecule has 0 bridgehead atoms. The molecule has 2 aromatic rings. The summed E-state index contributed by atoms with van der Waals surface area (Å²) in [7, 11) is 0. The summed E-state index contributed by atoms with van der Waals surface area (Å²) in [6.07, 6.45) is 5.74. The standard InChI is InChI=1S/C22H28N2O3/c1-3-27-22(26)13-16-24(17-20-11-14-23-15-12-20)21(25)6-4-5-19-9-7-18(2)8-10-19/h7-12,14-15H,3-6,13,16-17H2,1-2H3. The Morgan fingerprint density at radius 2 is 1.70 bits per heavy atom. The van der Waals surface area contributed by atoms with Crippen LogP contribution in [-0.4, -0.2) is 34.9 Å². The predicted octanol–water partition coefficient (Wildman–Crippen LogP) is 3.69. The first kappa shape index (κ1) is 20.6. The van der Waals surface area contributed by atoms with Crippen molar-refractivity contribution in [2.24, 2.45) is 0 Å². The summed E-state index contributed by atoms with van der Waals surface area (Å²) in [5.74, 6) is -0.215. The van der Waals surface area contributed by atoms with Crippen LogP contribution in [0.4, 0.5) is 0 Å². The van der Waals surface area contributed by atoms with E-state index in [4.69, 9.17) is 4.74 Å². The number of aromatic nitrogens is 1. The van der Waals surface area contributed by atoms with Gasteiger partial charge in [-0.1, -0.05) is 29.8 Å². The quantitative estimate of drug-likeness (QED) is 0.600. The van der Waals surface area contributed by atoms with Gasteiger partial charge < -0.3 is 9.64 Å². The van der Waals surface area contributed by atoms with E-state index >= 15 is 0 Å². The summed E-state index contributed by atoms with van der Waals surface area (Å²) < 4.78 is 4.98. The molecule has 0 N–H and O–H groups in total. The number of rotatable bonds is 10. The van der Waals surface area contributed by atoms with E-state index in [2.05, 4.69) is 36.2 Å². The van der Waals surface area contributed by atoms with Crippen molar-refractivity contribution in [1.29, 1.82) is 0 Å². The van der Waals surface area contributed by atoms with E-state index in [1.807, 2.05) is 12.1 Å². The second-order valence-electron chi connectivity index (χ2n) is 6.56. The highest BCUT2D eigenvalue weighted by molar-refractivity contribution is 5.77. The first-order valence-electron chi connectivity index (χ1n) is 9.46. The van der Waals surface area contributed by atoms with Crippen molar-refractivity contribution in [3.05, 3.63) is 65.5 Å². The van der Waals surface area contributed by atoms with Gasteiger partial charge in [0.1, 0.15) is 0 Å². The summed E-state index contributed by atoms with van der Waals surface area (Å²) in [6.45, 7) is 5.04. The Balaban J connectivity index is 1.90. The fourth-order valence-electron chi connectivity index (χ4n) is 2.82. The Kier molecular flexibility index (Phi) is 8.49. The minimum absolute atomic E-state index is 0.0585. The van der Waals surface area contributed by atoms with E-state index in [9.17, 15) is 9.59 Å². The normalized spacial score (nSPS) is 10.4. The zero-order chi connectivity index (χ0) is 19.5. The smallest absolute Gasteiger partial charge is 0.307 e. The third kappa shape index (κ3) is 7.60. The van der Waals surface area contributed by atoms with Crippen LogP contribution in [0.15, 0.2) is 48.8 Å². The number of hydrogen-bond donors (Lipinski definition) is 0. The first-order valence-corrected chi connectivity index (χ1v) is 9.46. The second-order valence-corrected chi connectivity index (χ2v) is 6.56. The highest BCUT2D eigenvalue weighted by Gasteiger charge is 2.16. The minimum Gasteiger partial charge on any atom is -0.466 e. The lowest BCUT2D eigenvalue weighted by Gasteiger charge is -2.22. The molecule has 1 amide bonds. The number of pyridine rings is 1. The predicted molar refractivity (Wildman–Crippen MR) is 105 cm³/mol. The lowest BCUT2D eigenvalue weighted by Crippen LogP contribution is -2.32. The van der Waals surface area contributed by atoms with E-state index in [-0.39, 0.29) is 18.3 Å². The average Bonchev–Trinajstić information content (AvgIpc) is 2.67.